The number of benzene rings is 1. The molecule has 0 amide bonds. The molecule has 130 valence electrons. The van der Waals surface area contributed by atoms with Crippen LogP contribution in [0.3, 0.4) is 0 Å². The van der Waals surface area contributed by atoms with Crippen molar-refractivity contribution in [3.63, 3.8) is 0 Å². The summed E-state index contributed by atoms with van der Waals surface area (Å²) in [7, 11) is -1.54. The standard InChI is InChI=1S/C18H21ClO3S2/c1-2-3-4-5-6-16(18(20)21)24(22)14-9-7-13(8-10-14)15-11-12-17(19)23-15/h7-12,16H,2-6H2,1H3,(H,20,21). The maximum atomic E-state index is 12.6. The van der Waals surface area contributed by atoms with E-state index in [0.29, 0.717) is 11.3 Å². The number of hydrogen-bond acceptors (Lipinski definition) is 3. The third-order valence-corrected chi connectivity index (χ3v) is 6.77. The van der Waals surface area contributed by atoms with E-state index in [1.807, 2.05) is 24.3 Å². The van der Waals surface area contributed by atoms with Crippen LogP contribution in [-0.2, 0) is 15.6 Å². The minimum Gasteiger partial charge on any atom is -0.480 e. The Morgan fingerprint density at radius 3 is 2.42 bits per heavy atom. The molecule has 1 aromatic carbocycles. The zero-order chi connectivity index (χ0) is 17.5. The molecule has 1 heterocycles. The molecule has 0 aliphatic carbocycles. The van der Waals surface area contributed by atoms with Gasteiger partial charge in [0.25, 0.3) is 0 Å². The first-order valence-electron chi connectivity index (χ1n) is 8.02. The van der Waals surface area contributed by atoms with Crippen LogP contribution in [0.2, 0.25) is 4.34 Å². The van der Waals surface area contributed by atoms with Crippen molar-refractivity contribution in [2.45, 2.75) is 49.2 Å². The highest BCUT2D eigenvalue weighted by molar-refractivity contribution is 7.86. The average Bonchev–Trinajstić information content (AvgIpc) is 3.00. The molecule has 2 atom stereocenters. The topological polar surface area (TPSA) is 54.4 Å². The fourth-order valence-electron chi connectivity index (χ4n) is 2.47. The van der Waals surface area contributed by atoms with Gasteiger partial charge in [-0.05, 0) is 36.2 Å². The van der Waals surface area contributed by atoms with Gasteiger partial charge in [0, 0.05) is 9.77 Å². The van der Waals surface area contributed by atoms with Crippen molar-refractivity contribution in [3.8, 4) is 10.4 Å². The predicted molar refractivity (Wildman–Crippen MR) is 101 cm³/mol. The third kappa shape index (κ3) is 5.16. The molecular formula is C18H21ClO3S2. The number of carbonyl (C=O) groups is 1. The Morgan fingerprint density at radius 1 is 1.17 bits per heavy atom. The van der Waals surface area contributed by atoms with Gasteiger partial charge in [0.2, 0.25) is 0 Å². The van der Waals surface area contributed by atoms with Gasteiger partial charge in [-0.1, -0.05) is 56.3 Å². The van der Waals surface area contributed by atoms with E-state index < -0.39 is 22.0 Å². The van der Waals surface area contributed by atoms with E-state index in [-0.39, 0.29) is 0 Å². The molecule has 0 fully saturated rings. The van der Waals surface area contributed by atoms with Crippen molar-refractivity contribution in [1.82, 2.24) is 0 Å². The smallest absolute Gasteiger partial charge is 0.319 e. The van der Waals surface area contributed by atoms with Crippen LogP contribution in [0.5, 0.6) is 0 Å². The summed E-state index contributed by atoms with van der Waals surface area (Å²) in [5, 5.41) is 8.55. The first-order valence-corrected chi connectivity index (χ1v) is 10.4. The van der Waals surface area contributed by atoms with Gasteiger partial charge in [-0.2, -0.15) is 0 Å². The normalized spacial score (nSPS) is 13.6. The predicted octanol–water partition coefficient (Wildman–Crippen LogP) is 5.60. The average molecular weight is 385 g/mol. The molecular weight excluding hydrogens is 364 g/mol. The second-order valence-electron chi connectivity index (χ2n) is 5.60. The summed E-state index contributed by atoms with van der Waals surface area (Å²) in [5.74, 6) is -0.987. The summed E-state index contributed by atoms with van der Waals surface area (Å²) in [6, 6.07) is 11.0. The van der Waals surface area contributed by atoms with E-state index in [1.54, 1.807) is 12.1 Å². The molecule has 0 aliphatic rings. The van der Waals surface area contributed by atoms with Crippen molar-refractivity contribution in [2.75, 3.05) is 0 Å². The van der Waals surface area contributed by atoms with Crippen LogP contribution >= 0.6 is 22.9 Å². The second kappa shape index (κ2) is 9.35. The highest BCUT2D eigenvalue weighted by Crippen LogP contribution is 2.31. The summed E-state index contributed by atoms with van der Waals surface area (Å²) in [6.07, 6.45) is 4.40. The Kier molecular flexibility index (Phi) is 7.46. The molecule has 2 aromatic rings. The Labute approximate surface area is 154 Å². The number of halogens is 1. The first kappa shape index (κ1) is 19.2. The molecule has 0 aliphatic heterocycles. The van der Waals surface area contributed by atoms with Gasteiger partial charge < -0.3 is 5.11 Å². The van der Waals surface area contributed by atoms with E-state index in [0.717, 1.165) is 40.5 Å². The fraction of sp³-hybridized carbons (Fsp3) is 0.389. The number of carboxylic acids is 1. The van der Waals surface area contributed by atoms with E-state index in [4.69, 9.17) is 11.6 Å². The Bertz CT molecular complexity index is 695. The number of carboxylic acid groups (broad SMARTS) is 1. The van der Waals surface area contributed by atoms with Crippen LogP contribution < -0.4 is 0 Å². The minimum absolute atomic E-state index is 0.449. The molecule has 2 rings (SSSR count). The van der Waals surface area contributed by atoms with E-state index in [1.165, 1.54) is 11.3 Å². The monoisotopic (exact) mass is 384 g/mol. The van der Waals surface area contributed by atoms with Crippen LogP contribution in [0.4, 0.5) is 0 Å². The lowest BCUT2D eigenvalue weighted by Gasteiger charge is -2.12. The fourth-order valence-corrected chi connectivity index (χ4v) is 4.81. The quantitative estimate of drug-likeness (QED) is 0.572. The third-order valence-electron chi connectivity index (χ3n) is 3.80. The van der Waals surface area contributed by atoms with Crippen LogP contribution in [0.1, 0.15) is 39.0 Å². The van der Waals surface area contributed by atoms with Crippen molar-refractivity contribution in [2.24, 2.45) is 0 Å². The molecule has 1 aromatic heterocycles. The Morgan fingerprint density at radius 2 is 1.88 bits per heavy atom. The highest BCUT2D eigenvalue weighted by atomic mass is 35.5. The number of thiophene rings is 1. The van der Waals surface area contributed by atoms with E-state index >= 15 is 0 Å². The van der Waals surface area contributed by atoms with Gasteiger partial charge in [-0.25, -0.2) is 0 Å². The van der Waals surface area contributed by atoms with E-state index in [9.17, 15) is 14.1 Å². The van der Waals surface area contributed by atoms with Gasteiger partial charge in [0.05, 0.1) is 15.1 Å². The summed E-state index contributed by atoms with van der Waals surface area (Å²) < 4.78 is 13.3. The molecule has 24 heavy (non-hydrogen) atoms. The molecule has 2 unspecified atom stereocenters. The zero-order valence-corrected chi connectivity index (χ0v) is 15.9. The number of hydrogen-bond donors (Lipinski definition) is 1. The maximum absolute atomic E-state index is 12.6. The lowest BCUT2D eigenvalue weighted by molar-refractivity contribution is -0.136. The molecule has 0 spiro atoms. The Balaban J connectivity index is 2.07. The molecule has 6 heteroatoms. The molecule has 0 saturated carbocycles. The number of unbranched alkanes of at least 4 members (excludes halogenated alkanes) is 3. The summed E-state index contributed by atoms with van der Waals surface area (Å²) in [4.78, 5) is 13.1. The van der Waals surface area contributed by atoms with Crippen molar-refractivity contribution >= 4 is 39.7 Å². The molecule has 0 radical (unpaired) electrons. The largest absolute Gasteiger partial charge is 0.480 e. The SMILES string of the molecule is CCCCCCC(C(=O)O)S(=O)c1ccc(-c2ccc(Cl)s2)cc1. The van der Waals surface area contributed by atoms with Crippen molar-refractivity contribution < 1.29 is 14.1 Å². The summed E-state index contributed by atoms with van der Waals surface area (Å²) in [6.45, 7) is 2.11. The van der Waals surface area contributed by atoms with Crippen molar-refractivity contribution in [3.05, 3.63) is 40.7 Å². The molecule has 0 bridgehead atoms. The van der Waals surface area contributed by atoms with Gasteiger partial charge in [0.15, 0.2) is 0 Å². The van der Waals surface area contributed by atoms with Crippen LogP contribution in [-0.4, -0.2) is 20.5 Å². The number of rotatable bonds is 9. The lowest BCUT2D eigenvalue weighted by Crippen LogP contribution is -2.25. The van der Waals surface area contributed by atoms with Gasteiger partial charge in [0.1, 0.15) is 5.25 Å². The summed E-state index contributed by atoms with van der Waals surface area (Å²) >= 11 is 7.42. The van der Waals surface area contributed by atoms with E-state index in [2.05, 4.69) is 6.92 Å². The van der Waals surface area contributed by atoms with Crippen molar-refractivity contribution in [1.29, 1.82) is 0 Å². The molecule has 3 nitrogen and oxygen atoms in total. The van der Waals surface area contributed by atoms with Crippen LogP contribution in [0.25, 0.3) is 10.4 Å². The Hall–Kier alpha value is -1.17. The van der Waals surface area contributed by atoms with Crippen LogP contribution in [0.15, 0.2) is 41.3 Å². The maximum Gasteiger partial charge on any atom is 0.319 e. The minimum atomic E-state index is -1.54. The lowest BCUT2D eigenvalue weighted by atomic mass is 10.1. The summed E-state index contributed by atoms with van der Waals surface area (Å²) in [5.41, 5.74) is 0.988. The van der Waals surface area contributed by atoms with Gasteiger partial charge >= 0.3 is 5.97 Å². The van der Waals surface area contributed by atoms with Crippen LogP contribution in [0, 0.1) is 0 Å². The van der Waals surface area contributed by atoms with Gasteiger partial charge in [-0.15, -0.1) is 11.3 Å². The first-order chi connectivity index (χ1) is 11.5. The molecule has 0 saturated heterocycles. The van der Waals surface area contributed by atoms with Gasteiger partial charge in [-0.3, -0.25) is 9.00 Å². The number of aliphatic carboxylic acids is 1. The zero-order valence-electron chi connectivity index (χ0n) is 13.5. The second-order valence-corrected chi connectivity index (χ2v) is 8.95. The molecule has 1 N–H and O–H groups in total. The highest BCUT2D eigenvalue weighted by Gasteiger charge is 2.25.